The first kappa shape index (κ1) is 22.4. The number of fused-ring (bicyclic) bond motifs is 1. The van der Waals surface area contributed by atoms with Gasteiger partial charge in [-0.25, -0.2) is 15.4 Å². The number of nitrogens with one attached hydrogen (secondary N) is 3. The van der Waals surface area contributed by atoms with Gasteiger partial charge in [-0.1, -0.05) is 19.9 Å². The quantitative estimate of drug-likeness (QED) is 0.535. The van der Waals surface area contributed by atoms with E-state index in [9.17, 15) is 0 Å². The highest BCUT2D eigenvalue weighted by atomic mass is 32.1. The summed E-state index contributed by atoms with van der Waals surface area (Å²) in [6, 6.07) is 0.233. The molecule has 8 nitrogen and oxygen atoms in total. The minimum atomic E-state index is 0.233. The number of anilines is 2. The molecule has 3 aromatic rings. The van der Waals surface area contributed by atoms with Crippen LogP contribution in [-0.2, 0) is 0 Å². The van der Waals surface area contributed by atoms with Crippen molar-refractivity contribution in [3.05, 3.63) is 47.8 Å². The fraction of sp³-hybridized carbons (Fsp3) is 0.435. The van der Waals surface area contributed by atoms with Gasteiger partial charge in [0.25, 0.3) is 0 Å². The van der Waals surface area contributed by atoms with Crippen molar-refractivity contribution in [2.75, 3.05) is 25.0 Å². The van der Waals surface area contributed by atoms with E-state index in [1.165, 1.54) is 28.2 Å². The van der Waals surface area contributed by atoms with Gasteiger partial charge in [0.05, 0.1) is 23.6 Å². The lowest BCUT2D eigenvalue weighted by Gasteiger charge is -2.16. The molecular formula is C23H32N8S. The third-order valence-electron chi connectivity index (χ3n) is 5.67. The highest BCUT2D eigenvalue weighted by molar-refractivity contribution is 7.10. The van der Waals surface area contributed by atoms with Crippen LogP contribution in [0, 0.1) is 6.92 Å². The molecule has 0 saturated carbocycles. The van der Waals surface area contributed by atoms with E-state index in [-0.39, 0.29) is 6.04 Å². The van der Waals surface area contributed by atoms with Crippen LogP contribution in [0.15, 0.2) is 30.9 Å². The Morgan fingerprint density at radius 2 is 2.12 bits per heavy atom. The molecule has 0 amide bonds. The van der Waals surface area contributed by atoms with Crippen molar-refractivity contribution in [3.8, 4) is 0 Å². The molecule has 2 aliphatic heterocycles. The van der Waals surface area contributed by atoms with Gasteiger partial charge in [-0.15, -0.1) is 0 Å². The van der Waals surface area contributed by atoms with E-state index in [2.05, 4.69) is 67.9 Å². The molecule has 5 heterocycles. The Morgan fingerprint density at radius 1 is 1.28 bits per heavy atom. The molecule has 0 saturated heterocycles. The Kier molecular flexibility index (Phi) is 6.88. The van der Waals surface area contributed by atoms with Gasteiger partial charge in [0.15, 0.2) is 11.5 Å². The Labute approximate surface area is 193 Å². The normalized spacial score (nSPS) is 18.3. The van der Waals surface area contributed by atoms with Crippen molar-refractivity contribution < 1.29 is 0 Å². The second-order valence-corrected chi connectivity index (χ2v) is 8.39. The lowest BCUT2D eigenvalue weighted by Crippen LogP contribution is -2.33. The maximum absolute atomic E-state index is 4.70. The molecule has 0 spiro atoms. The minimum absolute atomic E-state index is 0.233. The smallest absolute Gasteiger partial charge is 0.180 e. The summed E-state index contributed by atoms with van der Waals surface area (Å²) in [6.45, 7) is 13.2. The summed E-state index contributed by atoms with van der Waals surface area (Å²) in [5.41, 5.74) is 10.2. The summed E-state index contributed by atoms with van der Waals surface area (Å²) < 4.78 is 6.71. The lowest BCUT2D eigenvalue weighted by molar-refractivity contribution is 0.295. The van der Waals surface area contributed by atoms with Gasteiger partial charge in [0, 0.05) is 42.8 Å². The van der Waals surface area contributed by atoms with Crippen LogP contribution in [0.25, 0.3) is 16.8 Å². The molecule has 5 rings (SSSR count). The van der Waals surface area contributed by atoms with Crippen molar-refractivity contribution in [2.24, 2.45) is 0 Å². The Bertz CT molecular complexity index is 1140. The van der Waals surface area contributed by atoms with Gasteiger partial charge in [-0.3, -0.25) is 4.40 Å². The zero-order chi connectivity index (χ0) is 22.7. The molecule has 0 aliphatic carbocycles. The number of hydrogen-bond acceptors (Lipinski definition) is 8. The number of rotatable bonds is 5. The first-order valence-corrected chi connectivity index (χ1v) is 12.1. The second-order valence-electron chi connectivity index (χ2n) is 7.61. The minimum Gasteiger partial charge on any atom is -0.327 e. The summed E-state index contributed by atoms with van der Waals surface area (Å²) >= 11 is 1.48. The molecule has 1 unspecified atom stereocenters. The predicted octanol–water partition coefficient (Wildman–Crippen LogP) is 4.21. The van der Waals surface area contributed by atoms with Crippen LogP contribution >= 0.6 is 11.5 Å². The zero-order valence-electron chi connectivity index (χ0n) is 19.4. The molecular weight excluding hydrogens is 420 g/mol. The third kappa shape index (κ3) is 4.15. The van der Waals surface area contributed by atoms with Crippen LogP contribution in [-0.4, -0.2) is 49.4 Å². The fourth-order valence-corrected chi connectivity index (χ4v) is 4.95. The maximum Gasteiger partial charge on any atom is 0.180 e. The van der Waals surface area contributed by atoms with Gasteiger partial charge in [-0.05, 0) is 50.8 Å². The van der Waals surface area contributed by atoms with Gasteiger partial charge < -0.3 is 15.6 Å². The molecule has 32 heavy (non-hydrogen) atoms. The summed E-state index contributed by atoms with van der Waals surface area (Å²) in [6.07, 6.45) is 11.2. The van der Waals surface area contributed by atoms with E-state index in [1.807, 2.05) is 32.4 Å². The van der Waals surface area contributed by atoms with Crippen molar-refractivity contribution in [1.82, 2.24) is 34.5 Å². The number of nitrogens with zero attached hydrogens (tertiary/aromatic N) is 5. The summed E-state index contributed by atoms with van der Waals surface area (Å²) in [4.78, 5) is 9.30. The van der Waals surface area contributed by atoms with E-state index in [0.717, 1.165) is 53.9 Å². The molecule has 3 N–H and O–H groups in total. The van der Waals surface area contributed by atoms with Crippen LogP contribution < -0.4 is 16.1 Å². The van der Waals surface area contributed by atoms with Crippen molar-refractivity contribution in [3.63, 3.8) is 0 Å². The van der Waals surface area contributed by atoms with E-state index in [4.69, 9.17) is 4.98 Å². The first-order valence-electron chi connectivity index (χ1n) is 11.4. The van der Waals surface area contributed by atoms with Crippen LogP contribution in [0.5, 0.6) is 0 Å². The van der Waals surface area contributed by atoms with Crippen LogP contribution in [0.3, 0.4) is 0 Å². The standard InChI is InChI=1S/C21H26N8S.C2H6/c1-4-28-12-16(13(2)26-28)17-11-24-20-19(23-9-10-29(17)20)25-21-18(14(3)27-30-21)15-5-7-22-8-6-15;1-2/h5,9-13,22,26H,4,6-8H2,1-3H3,(H,23,25);1-2H3. The number of hydrazine groups is 1. The third-order valence-corrected chi connectivity index (χ3v) is 6.52. The van der Waals surface area contributed by atoms with E-state index < -0.39 is 0 Å². The second kappa shape index (κ2) is 9.81. The van der Waals surface area contributed by atoms with Crippen molar-refractivity contribution >= 4 is 39.1 Å². The Balaban J connectivity index is 0.00000119. The monoisotopic (exact) mass is 452 g/mol. The topological polar surface area (TPSA) is 82.4 Å². The van der Waals surface area contributed by atoms with E-state index in [0.29, 0.717) is 0 Å². The molecule has 1 atom stereocenters. The maximum atomic E-state index is 4.70. The predicted molar refractivity (Wildman–Crippen MR) is 133 cm³/mol. The average Bonchev–Trinajstić information content (AvgIpc) is 3.52. The van der Waals surface area contributed by atoms with Crippen molar-refractivity contribution in [2.45, 2.75) is 47.1 Å². The molecule has 0 bridgehead atoms. The van der Waals surface area contributed by atoms with Gasteiger partial charge >= 0.3 is 0 Å². The van der Waals surface area contributed by atoms with Gasteiger partial charge in [0.1, 0.15) is 5.00 Å². The molecule has 0 aromatic carbocycles. The van der Waals surface area contributed by atoms with Crippen molar-refractivity contribution in [1.29, 1.82) is 0 Å². The molecule has 2 aliphatic rings. The largest absolute Gasteiger partial charge is 0.327 e. The summed E-state index contributed by atoms with van der Waals surface area (Å²) in [7, 11) is 0. The van der Waals surface area contributed by atoms with Crippen LogP contribution in [0.2, 0.25) is 0 Å². The molecule has 170 valence electrons. The van der Waals surface area contributed by atoms with E-state index >= 15 is 0 Å². The molecule has 0 fully saturated rings. The molecule has 0 radical (unpaired) electrons. The molecule has 9 heteroatoms. The highest BCUT2D eigenvalue weighted by Gasteiger charge is 2.24. The Hall–Kier alpha value is -2.75. The number of hydrogen-bond donors (Lipinski definition) is 3. The number of aromatic nitrogens is 4. The summed E-state index contributed by atoms with van der Waals surface area (Å²) in [5.74, 6) is 0.745. The lowest BCUT2D eigenvalue weighted by atomic mass is 10.0. The Morgan fingerprint density at radius 3 is 2.84 bits per heavy atom. The van der Waals surface area contributed by atoms with Gasteiger partial charge in [0.2, 0.25) is 0 Å². The van der Waals surface area contributed by atoms with Crippen LogP contribution in [0.1, 0.15) is 51.1 Å². The highest BCUT2D eigenvalue weighted by Crippen LogP contribution is 2.36. The van der Waals surface area contributed by atoms with Crippen LogP contribution in [0.4, 0.5) is 10.8 Å². The number of aryl methyl sites for hydroxylation is 1. The van der Waals surface area contributed by atoms with Gasteiger partial charge in [-0.2, -0.15) is 4.37 Å². The summed E-state index contributed by atoms with van der Waals surface area (Å²) in [5, 5.41) is 10.0. The fourth-order valence-electron chi connectivity index (χ4n) is 4.12. The average molecular weight is 453 g/mol. The SMILES string of the molecule is CC.CCN1C=C(c2cnc3c(Nc4snc(C)c4C4=CCNCC4)nccn23)C(C)N1. The molecule has 3 aromatic heterocycles. The van der Waals surface area contributed by atoms with E-state index in [1.54, 1.807) is 0 Å². The zero-order valence-corrected chi connectivity index (χ0v) is 20.3. The number of imidazole rings is 1. The first-order chi connectivity index (χ1) is 15.7.